The highest BCUT2D eigenvalue weighted by molar-refractivity contribution is 5.76. The summed E-state index contributed by atoms with van der Waals surface area (Å²) in [5.41, 5.74) is 9.46. The minimum atomic E-state index is -0.0851. The van der Waals surface area contributed by atoms with Crippen molar-refractivity contribution in [3.8, 4) is 5.75 Å². The first-order chi connectivity index (χ1) is 9.93. The monoisotopic (exact) mass is 290 g/mol. The molecule has 4 nitrogen and oxygen atoms in total. The number of nitrogens with two attached hydrogens (primary N) is 1. The van der Waals surface area contributed by atoms with Gasteiger partial charge in [-0.15, -0.1) is 0 Å². The summed E-state index contributed by atoms with van der Waals surface area (Å²) in [6.45, 7) is 8.78. The van der Waals surface area contributed by atoms with Gasteiger partial charge in [-0.1, -0.05) is 26.8 Å². The van der Waals surface area contributed by atoms with Gasteiger partial charge in [0.1, 0.15) is 5.75 Å². The van der Waals surface area contributed by atoms with E-state index in [1.807, 2.05) is 13.8 Å². The highest BCUT2D eigenvalue weighted by Crippen LogP contribution is 2.39. The second-order valence-corrected chi connectivity index (χ2v) is 6.08. The molecular formula is C17H26N2O2. The second-order valence-electron chi connectivity index (χ2n) is 6.08. The number of ether oxygens (including phenoxy) is 1. The highest BCUT2D eigenvalue weighted by atomic mass is 16.5. The largest absolute Gasteiger partial charge is 0.493 e. The van der Waals surface area contributed by atoms with Crippen molar-refractivity contribution in [2.75, 3.05) is 6.61 Å². The van der Waals surface area contributed by atoms with E-state index in [0.29, 0.717) is 18.9 Å². The summed E-state index contributed by atoms with van der Waals surface area (Å²) in [6.07, 6.45) is 1.30. The van der Waals surface area contributed by atoms with Crippen molar-refractivity contribution in [3.05, 3.63) is 28.8 Å². The van der Waals surface area contributed by atoms with Crippen molar-refractivity contribution < 1.29 is 9.53 Å². The number of nitrogens with one attached hydrogen (secondary N) is 1. The molecule has 0 saturated carbocycles. The summed E-state index contributed by atoms with van der Waals surface area (Å²) in [4.78, 5) is 11.8. The van der Waals surface area contributed by atoms with Crippen molar-refractivity contribution in [2.24, 2.45) is 5.73 Å². The molecule has 4 heteroatoms. The highest BCUT2D eigenvalue weighted by Gasteiger charge is 2.27. The van der Waals surface area contributed by atoms with Crippen molar-refractivity contribution in [3.63, 3.8) is 0 Å². The van der Waals surface area contributed by atoms with E-state index in [1.165, 1.54) is 5.56 Å². The molecule has 0 aliphatic carbocycles. The van der Waals surface area contributed by atoms with Gasteiger partial charge in [0.15, 0.2) is 0 Å². The normalized spacial score (nSPS) is 18.9. The quantitative estimate of drug-likeness (QED) is 0.895. The van der Waals surface area contributed by atoms with Gasteiger partial charge >= 0.3 is 0 Å². The first kappa shape index (κ1) is 15.8. The molecule has 0 spiro atoms. The van der Waals surface area contributed by atoms with Gasteiger partial charge in [-0.2, -0.15) is 0 Å². The molecule has 0 bridgehead atoms. The molecule has 1 amide bonds. The zero-order valence-electron chi connectivity index (χ0n) is 13.4. The minimum absolute atomic E-state index is 0.0254. The van der Waals surface area contributed by atoms with Crippen LogP contribution in [0.2, 0.25) is 0 Å². The number of hydrogen-bond acceptors (Lipinski definition) is 3. The Morgan fingerprint density at radius 1 is 1.43 bits per heavy atom. The third kappa shape index (κ3) is 3.38. The molecule has 21 heavy (non-hydrogen) atoms. The average molecular weight is 290 g/mol. The molecule has 0 fully saturated rings. The predicted molar refractivity (Wildman–Crippen MR) is 84.4 cm³/mol. The fraction of sp³-hybridized carbons (Fsp3) is 0.588. The maximum atomic E-state index is 11.8. The molecule has 1 heterocycles. The van der Waals surface area contributed by atoms with Gasteiger partial charge in [-0.25, -0.2) is 0 Å². The van der Waals surface area contributed by atoms with E-state index in [0.717, 1.165) is 23.3 Å². The van der Waals surface area contributed by atoms with Crippen LogP contribution in [0.25, 0.3) is 0 Å². The van der Waals surface area contributed by atoms with Gasteiger partial charge in [0.2, 0.25) is 5.91 Å². The maximum Gasteiger partial charge on any atom is 0.220 e. The molecule has 1 aliphatic rings. The van der Waals surface area contributed by atoms with Gasteiger partial charge in [-0.3, -0.25) is 4.79 Å². The van der Waals surface area contributed by atoms with E-state index in [1.54, 1.807) is 0 Å². The van der Waals surface area contributed by atoms with Crippen molar-refractivity contribution in [1.82, 2.24) is 5.32 Å². The Morgan fingerprint density at radius 3 is 2.71 bits per heavy atom. The van der Waals surface area contributed by atoms with Gasteiger partial charge < -0.3 is 15.8 Å². The molecule has 0 aromatic heterocycles. The number of carbonyl (C=O) groups is 1. The number of amides is 1. The first-order valence-electron chi connectivity index (χ1n) is 7.79. The average Bonchev–Trinajstić information content (AvgIpc) is 2.46. The molecular weight excluding hydrogens is 264 g/mol. The Kier molecular flexibility index (Phi) is 4.88. The van der Waals surface area contributed by atoms with Gasteiger partial charge in [0.05, 0.1) is 12.6 Å². The van der Waals surface area contributed by atoms with Crippen LogP contribution in [0.15, 0.2) is 12.1 Å². The Hall–Kier alpha value is -1.55. The predicted octanol–water partition coefficient (Wildman–Crippen LogP) is 3.18. The van der Waals surface area contributed by atoms with E-state index in [-0.39, 0.29) is 18.0 Å². The number of hydrogen-bond donors (Lipinski definition) is 2. The van der Waals surface area contributed by atoms with Crippen LogP contribution >= 0.6 is 0 Å². The van der Waals surface area contributed by atoms with Crippen molar-refractivity contribution in [1.29, 1.82) is 0 Å². The number of fused-ring (bicyclic) bond motifs is 1. The fourth-order valence-electron chi connectivity index (χ4n) is 2.68. The fourth-order valence-corrected chi connectivity index (χ4v) is 2.68. The molecule has 3 N–H and O–H groups in total. The van der Waals surface area contributed by atoms with Crippen LogP contribution in [0.4, 0.5) is 0 Å². The Balaban J connectivity index is 2.48. The summed E-state index contributed by atoms with van der Waals surface area (Å²) in [5, 5.41) is 3.10. The van der Waals surface area contributed by atoms with E-state index < -0.39 is 0 Å². The Morgan fingerprint density at radius 2 is 2.14 bits per heavy atom. The first-order valence-corrected chi connectivity index (χ1v) is 7.79. The van der Waals surface area contributed by atoms with Crippen LogP contribution in [0, 0.1) is 0 Å². The number of benzene rings is 1. The van der Waals surface area contributed by atoms with Crippen LogP contribution < -0.4 is 15.8 Å². The molecule has 0 saturated heterocycles. The zero-order chi connectivity index (χ0) is 15.6. The standard InChI is InChI=1S/C17H26N2O2/c1-5-16(20)19-15-6-7-21-17-13(11(4)18)8-12(10(2)3)9-14(15)17/h8-11,15H,5-7,18H2,1-4H3,(H,19,20). The van der Waals surface area contributed by atoms with Crippen LogP contribution in [0.1, 0.15) is 75.2 Å². The van der Waals surface area contributed by atoms with E-state index in [2.05, 4.69) is 31.3 Å². The third-order valence-corrected chi connectivity index (χ3v) is 4.01. The van der Waals surface area contributed by atoms with Crippen LogP contribution in [-0.4, -0.2) is 12.5 Å². The smallest absolute Gasteiger partial charge is 0.220 e. The zero-order valence-corrected chi connectivity index (χ0v) is 13.4. The molecule has 1 aromatic rings. The van der Waals surface area contributed by atoms with Crippen molar-refractivity contribution >= 4 is 5.91 Å². The number of carbonyl (C=O) groups excluding carboxylic acids is 1. The SMILES string of the molecule is CCC(=O)NC1CCOc2c(C(C)N)cc(C(C)C)cc21. The lowest BCUT2D eigenvalue weighted by molar-refractivity contribution is -0.121. The maximum absolute atomic E-state index is 11.8. The van der Waals surface area contributed by atoms with Gasteiger partial charge in [-0.05, 0) is 24.5 Å². The van der Waals surface area contributed by atoms with Crippen LogP contribution in [0.5, 0.6) is 5.75 Å². The molecule has 1 aliphatic heterocycles. The number of rotatable bonds is 4. The van der Waals surface area contributed by atoms with E-state index in [9.17, 15) is 4.79 Å². The topological polar surface area (TPSA) is 64.3 Å². The lowest BCUT2D eigenvalue weighted by Crippen LogP contribution is -2.32. The van der Waals surface area contributed by atoms with E-state index >= 15 is 0 Å². The Labute approximate surface area is 127 Å². The molecule has 2 rings (SSSR count). The second kappa shape index (κ2) is 6.48. The van der Waals surface area contributed by atoms with Crippen LogP contribution in [-0.2, 0) is 4.79 Å². The molecule has 116 valence electrons. The third-order valence-electron chi connectivity index (χ3n) is 4.01. The van der Waals surface area contributed by atoms with Crippen LogP contribution in [0.3, 0.4) is 0 Å². The Bertz CT molecular complexity index is 524. The summed E-state index contributed by atoms with van der Waals surface area (Å²) in [5.74, 6) is 1.35. The molecule has 2 atom stereocenters. The summed E-state index contributed by atoms with van der Waals surface area (Å²) >= 11 is 0. The lowest BCUT2D eigenvalue weighted by atomic mass is 9.89. The van der Waals surface area contributed by atoms with E-state index in [4.69, 9.17) is 10.5 Å². The lowest BCUT2D eigenvalue weighted by Gasteiger charge is -2.30. The van der Waals surface area contributed by atoms with Gasteiger partial charge in [0, 0.05) is 30.0 Å². The molecule has 1 aromatic carbocycles. The minimum Gasteiger partial charge on any atom is -0.493 e. The van der Waals surface area contributed by atoms with Gasteiger partial charge in [0.25, 0.3) is 0 Å². The summed E-state index contributed by atoms with van der Waals surface area (Å²) in [7, 11) is 0. The molecule has 0 radical (unpaired) electrons. The molecule has 2 unspecified atom stereocenters. The summed E-state index contributed by atoms with van der Waals surface area (Å²) < 4.78 is 5.86. The van der Waals surface area contributed by atoms with Crippen molar-refractivity contribution in [2.45, 2.75) is 58.5 Å². The summed E-state index contributed by atoms with van der Waals surface area (Å²) in [6, 6.07) is 4.24.